The maximum atomic E-state index is 12.6. The minimum absolute atomic E-state index is 0.388. The van der Waals surface area contributed by atoms with Crippen molar-refractivity contribution >= 4 is 27.0 Å². The van der Waals surface area contributed by atoms with Crippen molar-refractivity contribution in [2.75, 3.05) is 25.5 Å². The highest BCUT2D eigenvalue weighted by molar-refractivity contribution is 7.89. The fraction of sp³-hybridized carbons (Fsp3) is 0.333. The van der Waals surface area contributed by atoms with Crippen LogP contribution in [0.3, 0.4) is 0 Å². The molecule has 0 aliphatic carbocycles. The molecule has 0 radical (unpaired) electrons. The van der Waals surface area contributed by atoms with Gasteiger partial charge >= 0.3 is 0 Å². The number of hydrogen-bond donors (Lipinski definition) is 1. The van der Waals surface area contributed by atoms with Crippen LogP contribution in [0, 0.1) is 0 Å². The summed E-state index contributed by atoms with van der Waals surface area (Å²) in [7, 11) is -1.76. The maximum absolute atomic E-state index is 12.6. The molecule has 6 heteroatoms. The quantitative estimate of drug-likeness (QED) is 0.920. The Bertz CT molecular complexity index is 724. The number of nitrogens with zero attached hydrogens (tertiary/aromatic N) is 1. The Morgan fingerprint density at radius 3 is 2.95 bits per heavy atom. The van der Waals surface area contributed by atoms with Gasteiger partial charge in [-0.3, -0.25) is 0 Å². The summed E-state index contributed by atoms with van der Waals surface area (Å²) in [5, 5.41) is 5.26. The van der Waals surface area contributed by atoms with Crippen LogP contribution in [0.4, 0.5) is 5.69 Å². The summed E-state index contributed by atoms with van der Waals surface area (Å²) in [4.78, 5) is 1.59. The zero-order valence-electron chi connectivity index (χ0n) is 11.9. The molecule has 0 bridgehead atoms. The molecule has 0 saturated heterocycles. The molecular formula is C15H18N2O2S2. The van der Waals surface area contributed by atoms with Crippen LogP contribution in [0.25, 0.3) is 0 Å². The molecule has 112 valence electrons. The minimum Gasteiger partial charge on any atom is -0.384 e. The average Bonchev–Trinajstić information content (AvgIpc) is 3.14. The zero-order valence-corrected chi connectivity index (χ0v) is 13.5. The summed E-state index contributed by atoms with van der Waals surface area (Å²) in [5.41, 5.74) is 2.14. The molecule has 0 fully saturated rings. The first kappa shape index (κ1) is 14.6. The van der Waals surface area contributed by atoms with Crippen LogP contribution in [0.2, 0.25) is 0 Å². The molecule has 3 rings (SSSR count). The summed E-state index contributed by atoms with van der Waals surface area (Å²) in [5.74, 6) is 0. The van der Waals surface area contributed by atoms with Gasteiger partial charge in [-0.2, -0.15) is 0 Å². The Morgan fingerprint density at radius 1 is 1.33 bits per heavy atom. The van der Waals surface area contributed by atoms with E-state index in [0.717, 1.165) is 30.6 Å². The number of rotatable bonds is 5. The smallest absolute Gasteiger partial charge is 0.242 e. The molecule has 4 nitrogen and oxygen atoms in total. The van der Waals surface area contributed by atoms with Crippen molar-refractivity contribution in [1.82, 2.24) is 4.31 Å². The number of benzene rings is 1. The zero-order chi connectivity index (χ0) is 14.9. The number of likely N-dealkylation sites (N-methyl/N-ethyl adjacent to an activating group) is 1. The SMILES string of the molecule is CN(CCc1cccs1)S(=O)(=O)c1ccc2c(c1)CCN2. The first-order valence-electron chi connectivity index (χ1n) is 6.93. The second kappa shape index (κ2) is 5.79. The van der Waals surface area contributed by atoms with Crippen molar-refractivity contribution in [1.29, 1.82) is 0 Å². The van der Waals surface area contributed by atoms with Gasteiger partial charge in [0.25, 0.3) is 0 Å². The molecule has 1 aromatic heterocycles. The highest BCUT2D eigenvalue weighted by Crippen LogP contribution is 2.26. The molecule has 0 spiro atoms. The first-order valence-corrected chi connectivity index (χ1v) is 9.25. The summed E-state index contributed by atoms with van der Waals surface area (Å²) in [6.45, 7) is 1.38. The molecule has 0 saturated carbocycles. The summed E-state index contributed by atoms with van der Waals surface area (Å²) in [6, 6.07) is 9.37. The summed E-state index contributed by atoms with van der Waals surface area (Å²) < 4.78 is 26.6. The second-order valence-electron chi connectivity index (χ2n) is 5.15. The lowest BCUT2D eigenvalue weighted by Gasteiger charge is -2.17. The van der Waals surface area contributed by atoms with Crippen molar-refractivity contribution in [3.63, 3.8) is 0 Å². The second-order valence-corrected chi connectivity index (χ2v) is 8.23. The van der Waals surface area contributed by atoms with Crippen LogP contribution >= 0.6 is 11.3 Å². The predicted molar refractivity (Wildman–Crippen MR) is 86.5 cm³/mol. The summed E-state index contributed by atoms with van der Waals surface area (Å²) >= 11 is 1.66. The van der Waals surface area contributed by atoms with E-state index in [4.69, 9.17) is 0 Å². The van der Waals surface area contributed by atoms with E-state index in [0.29, 0.717) is 11.4 Å². The number of fused-ring (bicyclic) bond motifs is 1. The van der Waals surface area contributed by atoms with E-state index in [2.05, 4.69) is 5.32 Å². The van der Waals surface area contributed by atoms with Gasteiger partial charge in [0.1, 0.15) is 0 Å². The fourth-order valence-electron chi connectivity index (χ4n) is 2.46. The third-order valence-electron chi connectivity index (χ3n) is 3.75. The van der Waals surface area contributed by atoms with E-state index in [1.807, 2.05) is 23.6 Å². The number of thiophene rings is 1. The van der Waals surface area contributed by atoms with Crippen molar-refractivity contribution in [2.45, 2.75) is 17.7 Å². The molecule has 1 aliphatic rings. The van der Waals surface area contributed by atoms with Gasteiger partial charge < -0.3 is 5.32 Å². The van der Waals surface area contributed by atoms with Gasteiger partial charge in [0.2, 0.25) is 10.0 Å². The highest BCUT2D eigenvalue weighted by Gasteiger charge is 2.22. The third kappa shape index (κ3) is 2.97. The normalized spacial score (nSPS) is 14.2. The average molecular weight is 322 g/mol. The molecule has 0 atom stereocenters. The molecule has 21 heavy (non-hydrogen) atoms. The Hall–Kier alpha value is -1.37. The lowest BCUT2D eigenvalue weighted by Crippen LogP contribution is -2.29. The topological polar surface area (TPSA) is 49.4 Å². The van der Waals surface area contributed by atoms with E-state index in [1.54, 1.807) is 30.5 Å². The monoisotopic (exact) mass is 322 g/mol. The molecular weight excluding hydrogens is 304 g/mol. The van der Waals surface area contributed by atoms with Crippen LogP contribution in [-0.2, 0) is 22.9 Å². The van der Waals surface area contributed by atoms with Gasteiger partial charge in [-0.15, -0.1) is 11.3 Å². The molecule has 0 amide bonds. The Balaban J connectivity index is 1.76. The molecule has 0 unspecified atom stereocenters. The van der Waals surface area contributed by atoms with E-state index in [9.17, 15) is 8.42 Å². The van der Waals surface area contributed by atoms with E-state index in [1.165, 1.54) is 9.18 Å². The van der Waals surface area contributed by atoms with Gasteiger partial charge in [-0.05, 0) is 48.1 Å². The summed E-state index contributed by atoms with van der Waals surface area (Å²) in [6.07, 6.45) is 1.64. The number of anilines is 1. The van der Waals surface area contributed by atoms with Gasteiger partial charge in [0, 0.05) is 30.7 Å². The lowest BCUT2D eigenvalue weighted by molar-refractivity contribution is 0.473. The molecule has 1 aromatic carbocycles. The van der Waals surface area contributed by atoms with E-state index in [-0.39, 0.29) is 0 Å². The number of sulfonamides is 1. The van der Waals surface area contributed by atoms with Gasteiger partial charge in [0.05, 0.1) is 4.90 Å². The number of hydrogen-bond acceptors (Lipinski definition) is 4. The minimum atomic E-state index is -3.40. The van der Waals surface area contributed by atoms with Crippen LogP contribution in [0.15, 0.2) is 40.6 Å². The molecule has 2 aromatic rings. The van der Waals surface area contributed by atoms with Crippen molar-refractivity contribution in [3.8, 4) is 0 Å². The van der Waals surface area contributed by atoms with Crippen LogP contribution in [-0.4, -0.2) is 32.9 Å². The van der Waals surface area contributed by atoms with Crippen LogP contribution in [0.5, 0.6) is 0 Å². The fourth-order valence-corrected chi connectivity index (χ4v) is 4.39. The number of nitrogens with one attached hydrogen (secondary N) is 1. The first-order chi connectivity index (χ1) is 10.1. The predicted octanol–water partition coefficient (Wildman–Crippen LogP) is 2.58. The van der Waals surface area contributed by atoms with Crippen LogP contribution in [0.1, 0.15) is 10.4 Å². The van der Waals surface area contributed by atoms with E-state index < -0.39 is 10.0 Å². The Labute approximate surface area is 129 Å². The van der Waals surface area contributed by atoms with Gasteiger partial charge in [-0.1, -0.05) is 6.07 Å². The maximum Gasteiger partial charge on any atom is 0.242 e. The largest absolute Gasteiger partial charge is 0.384 e. The third-order valence-corrected chi connectivity index (χ3v) is 6.54. The lowest BCUT2D eigenvalue weighted by atomic mass is 10.2. The van der Waals surface area contributed by atoms with Gasteiger partial charge in [0.15, 0.2) is 0 Å². The standard InChI is InChI=1S/C15H18N2O2S2/c1-17(9-7-13-3-2-10-20-13)21(18,19)14-4-5-15-12(11-14)6-8-16-15/h2-5,10-11,16H,6-9H2,1H3. The highest BCUT2D eigenvalue weighted by atomic mass is 32.2. The molecule has 2 heterocycles. The van der Waals surface area contributed by atoms with Crippen molar-refractivity contribution in [3.05, 3.63) is 46.2 Å². The molecule has 1 N–H and O–H groups in total. The van der Waals surface area contributed by atoms with Crippen molar-refractivity contribution in [2.24, 2.45) is 0 Å². The Morgan fingerprint density at radius 2 is 2.19 bits per heavy atom. The van der Waals surface area contributed by atoms with E-state index >= 15 is 0 Å². The van der Waals surface area contributed by atoms with Crippen LogP contribution < -0.4 is 5.32 Å². The van der Waals surface area contributed by atoms with Crippen molar-refractivity contribution < 1.29 is 8.42 Å². The van der Waals surface area contributed by atoms with Gasteiger partial charge in [-0.25, -0.2) is 12.7 Å². The Kier molecular flexibility index (Phi) is 4.01. The molecule has 1 aliphatic heterocycles.